The first-order valence-corrected chi connectivity index (χ1v) is 5.98. The molecule has 0 unspecified atom stereocenters. The van der Waals surface area contributed by atoms with Gasteiger partial charge in [-0.3, -0.25) is 9.78 Å². The van der Waals surface area contributed by atoms with E-state index in [-0.39, 0.29) is 5.91 Å². The van der Waals surface area contributed by atoms with Gasteiger partial charge in [-0.2, -0.15) is 0 Å². The van der Waals surface area contributed by atoms with Gasteiger partial charge in [0, 0.05) is 25.5 Å². The van der Waals surface area contributed by atoms with Gasteiger partial charge in [0.1, 0.15) is 0 Å². The highest BCUT2D eigenvalue weighted by molar-refractivity contribution is 5.94. The van der Waals surface area contributed by atoms with Crippen molar-refractivity contribution in [1.82, 2.24) is 9.88 Å². The van der Waals surface area contributed by atoms with Crippen LogP contribution < -0.4 is 0 Å². The largest absolute Gasteiger partial charge is 0.339 e. The van der Waals surface area contributed by atoms with Gasteiger partial charge in [0.2, 0.25) is 0 Å². The Morgan fingerprint density at radius 3 is 2.50 bits per heavy atom. The molecule has 0 bridgehead atoms. The predicted octanol–water partition coefficient (Wildman–Crippen LogP) is 2.41. The summed E-state index contributed by atoms with van der Waals surface area (Å²) in [6.45, 7) is 3.76. The molecule has 0 saturated carbocycles. The second-order valence-corrected chi connectivity index (χ2v) is 4.46. The smallest absolute Gasteiger partial charge is 0.255 e. The second-order valence-electron chi connectivity index (χ2n) is 4.46. The van der Waals surface area contributed by atoms with Crippen molar-refractivity contribution in [1.29, 1.82) is 0 Å². The molecule has 0 atom stereocenters. The van der Waals surface area contributed by atoms with Gasteiger partial charge in [-0.25, -0.2) is 0 Å². The van der Waals surface area contributed by atoms with Crippen LogP contribution in [0, 0.1) is 6.92 Å². The fourth-order valence-corrected chi connectivity index (χ4v) is 2.13. The highest BCUT2D eigenvalue weighted by Crippen LogP contribution is 2.13. The Labute approximate surface area is 96.5 Å². The Morgan fingerprint density at radius 1 is 1.19 bits per heavy atom. The lowest BCUT2D eigenvalue weighted by Crippen LogP contribution is -2.31. The quantitative estimate of drug-likeness (QED) is 0.725. The van der Waals surface area contributed by atoms with Crippen molar-refractivity contribution < 1.29 is 4.79 Å². The molecule has 0 N–H and O–H groups in total. The maximum Gasteiger partial charge on any atom is 0.255 e. The van der Waals surface area contributed by atoms with E-state index in [0.29, 0.717) is 0 Å². The zero-order valence-corrected chi connectivity index (χ0v) is 9.78. The van der Waals surface area contributed by atoms with E-state index in [2.05, 4.69) is 4.98 Å². The minimum absolute atomic E-state index is 0.137. The van der Waals surface area contributed by atoms with E-state index in [1.807, 2.05) is 17.9 Å². The van der Waals surface area contributed by atoms with Gasteiger partial charge < -0.3 is 4.90 Å². The van der Waals surface area contributed by atoms with Crippen LogP contribution in [0.4, 0.5) is 0 Å². The lowest BCUT2D eigenvalue weighted by atomic mass is 10.2. The summed E-state index contributed by atoms with van der Waals surface area (Å²) < 4.78 is 0. The van der Waals surface area contributed by atoms with Crippen LogP contribution in [0.5, 0.6) is 0 Å². The van der Waals surface area contributed by atoms with E-state index in [9.17, 15) is 4.79 Å². The molecule has 86 valence electrons. The van der Waals surface area contributed by atoms with Crippen molar-refractivity contribution in [3.8, 4) is 0 Å². The summed E-state index contributed by atoms with van der Waals surface area (Å²) in [6, 6.07) is 1.92. The van der Waals surface area contributed by atoms with Crippen LogP contribution in [-0.2, 0) is 0 Å². The summed E-state index contributed by atoms with van der Waals surface area (Å²) >= 11 is 0. The molecular weight excluding hydrogens is 200 g/mol. The van der Waals surface area contributed by atoms with Crippen LogP contribution in [0.25, 0.3) is 0 Å². The number of hydrogen-bond donors (Lipinski definition) is 0. The first kappa shape index (κ1) is 11.1. The van der Waals surface area contributed by atoms with Crippen molar-refractivity contribution >= 4 is 5.91 Å². The maximum absolute atomic E-state index is 12.2. The highest BCUT2D eigenvalue weighted by Gasteiger charge is 2.17. The Bertz CT molecular complexity index is 368. The molecule has 1 aromatic heterocycles. The van der Waals surface area contributed by atoms with E-state index in [1.165, 1.54) is 12.8 Å². The standard InChI is InChI=1S/C13H18N2O/c1-11-8-12(10-14-9-11)13(16)15-6-4-2-3-5-7-15/h8-10H,2-7H2,1H3. The monoisotopic (exact) mass is 218 g/mol. The summed E-state index contributed by atoms with van der Waals surface area (Å²) in [7, 11) is 0. The number of pyridine rings is 1. The van der Waals surface area contributed by atoms with E-state index in [4.69, 9.17) is 0 Å². The summed E-state index contributed by atoms with van der Waals surface area (Å²) in [4.78, 5) is 18.2. The Morgan fingerprint density at radius 2 is 1.88 bits per heavy atom. The first-order valence-electron chi connectivity index (χ1n) is 5.98. The molecule has 1 aliphatic heterocycles. The summed E-state index contributed by atoms with van der Waals surface area (Å²) in [5.74, 6) is 0.137. The average molecular weight is 218 g/mol. The topological polar surface area (TPSA) is 33.2 Å². The Hall–Kier alpha value is -1.38. The molecule has 2 heterocycles. The number of hydrogen-bond acceptors (Lipinski definition) is 2. The van der Waals surface area contributed by atoms with E-state index >= 15 is 0 Å². The third-order valence-corrected chi connectivity index (χ3v) is 3.02. The first-order chi connectivity index (χ1) is 7.77. The average Bonchev–Trinajstić information content (AvgIpc) is 2.56. The van der Waals surface area contributed by atoms with Crippen molar-refractivity contribution in [3.05, 3.63) is 29.6 Å². The molecule has 0 radical (unpaired) electrons. The highest BCUT2D eigenvalue weighted by atomic mass is 16.2. The number of aromatic nitrogens is 1. The number of carbonyl (C=O) groups excluding carboxylic acids is 1. The van der Waals surface area contributed by atoms with E-state index < -0.39 is 0 Å². The zero-order valence-electron chi connectivity index (χ0n) is 9.78. The lowest BCUT2D eigenvalue weighted by Gasteiger charge is -2.20. The van der Waals surface area contributed by atoms with Crippen molar-refractivity contribution in [2.75, 3.05) is 13.1 Å². The van der Waals surface area contributed by atoms with Gasteiger partial charge >= 0.3 is 0 Å². The van der Waals surface area contributed by atoms with Crippen LogP contribution in [0.2, 0.25) is 0 Å². The molecule has 0 aromatic carbocycles. The molecule has 2 rings (SSSR count). The van der Waals surface area contributed by atoms with Crippen LogP contribution in [0.3, 0.4) is 0 Å². The molecule has 3 heteroatoms. The third-order valence-electron chi connectivity index (χ3n) is 3.02. The normalized spacial score (nSPS) is 16.9. The van der Waals surface area contributed by atoms with Crippen LogP contribution >= 0.6 is 0 Å². The summed E-state index contributed by atoms with van der Waals surface area (Å²) in [5, 5.41) is 0. The van der Waals surface area contributed by atoms with Gasteiger partial charge in [0.25, 0.3) is 5.91 Å². The number of rotatable bonds is 1. The summed E-state index contributed by atoms with van der Waals surface area (Å²) in [5.41, 5.74) is 1.77. The van der Waals surface area contributed by atoms with E-state index in [1.54, 1.807) is 12.4 Å². The van der Waals surface area contributed by atoms with Gasteiger partial charge in [-0.05, 0) is 31.4 Å². The Kier molecular flexibility index (Phi) is 3.54. The molecule has 0 aliphatic carbocycles. The van der Waals surface area contributed by atoms with Crippen LogP contribution in [0.1, 0.15) is 41.6 Å². The van der Waals surface area contributed by atoms with Crippen LogP contribution in [0.15, 0.2) is 18.5 Å². The molecular formula is C13H18N2O. The van der Waals surface area contributed by atoms with Gasteiger partial charge in [0.05, 0.1) is 5.56 Å². The van der Waals surface area contributed by atoms with Crippen molar-refractivity contribution in [3.63, 3.8) is 0 Å². The number of amides is 1. The van der Waals surface area contributed by atoms with Gasteiger partial charge in [-0.15, -0.1) is 0 Å². The minimum Gasteiger partial charge on any atom is -0.339 e. The molecule has 1 fully saturated rings. The van der Waals surface area contributed by atoms with Crippen molar-refractivity contribution in [2.24, 2.45) is 0 Å². The molecule has 16 heavy (non-hydrogen) atoms. The van der Waals surface area contributed by atoms with Gasteiger partial charge in [0.15, 0.2) is 0 Å². The SMILES string of the molecule is Cc1cncc(C(=O)N2CCCCCC2)c1. The molecule has 1 aromatic rings. The minimum atomic E-state index is 0.137. The summed E-state index contributed by atoms with van der Waals surface area (Å²) in [6.07, 6.45) is 8.20. The number of aryl methyl sites for hydroxylation is 1. The van der Waals surface area contributed by atoms with Crippen molar-refractivity contribution in [2.45, 2.75) is 32.6 Å². The fraction of sp³-hybridized carbons (Fsp3) is 0.538. The maximum atomic E-state index is 12.2. The lowest BCUT2D eigenvalue weighted by molar-refractivity contribution is 0.0761. The van der Waals surface area contributed by atoms with Crippen LogP contribution in [-0.4, -0.2) is 28.9 Å². The number of likely N-dealkylation sites (tertiary alicyclic amines) is 1. The number of carbonyl (C=O) groups is 1. The fourth-order valence-electron chi connectivity index (χ4n) is 2.13. The predicted molar refractivity (Wildman–Crippen MR) is 63.3 cm³/mol. The van der Waals surface area contributed by atoms with Gasteiger partial charge in [-0.1, -0.05) is 12.8 Å². The molecule has 0 spiro atoms. The third kappa shape index (κ3) is 2.60. The Balaban J connectivity index is 2.11. The molecule has 3 nitrogen and oxygen atoms in total. The number of nitrogens with zero attached hydrogens (tertiary/aromatic N) is 2. The second kappa shape index (κ2) is 5.10. The molecule has 1 aliphatic rings. The zero-order chi connectivity index (χ0) is 11.4. The molecule has 1 amide bonds. The molecule has 1 saturated heterocycles. The van der Waals surface area contributed by atoms with E-state index in [0.717, 1.165) is 37.1 Å².